The van der Waals surface area contributed by atoms with Gasteiger partial charge in [0.25, 0.3) is 0 Å². The third-order valence-electron chi connectivity index (χ3n) is 3.64. The number of hydrogen-bond acceptors (Lipinski definition) is 4. The van der Waals surface area contributed by atoms with Crippen molar-refractivity contribution in [3.05, 3.63) is 57.2 Å². The second-order valence-corrected chi connectivity index (χ2v) is 6.30. The van der Waals surface area contributed by atoms with Crippen LogP contribution in [0.3, 0.4) is 0 Å². The molecule has 0 amide bonds. The number of methoxy groups -OCH3 is 1. The van der Waals surface area contributed by atoms with E-state index in [0.29, 0.717) is 17.8 Å². The van der Waals surface area contributed by atoms with Crippen molar-refractivity contribution in [3.8, 4) is 0 Å². The number of benzene rings is 1. The van der Waals surface area contributed by atoms with Crippen molar-refractivity contribution in [2.45, 2.75) is 26.2 Å². The lowest BCUT2D eigenvalue weighted by molar-refractivity contribution is 0.0599. The van der Waals surface area contributed by atoms with E-state index in [2.05, 4.69) is 27.8 Å². The van der Waals surface area contributed by atoms with Gasteiger partial charge in [-0.05, 0) is 58.5 Å². The number of pyridine rings is 1. The molecular formula is C17H19BrN2O2. The molecule has 1 atom stereocenters. The molecule has 0 radical (unpaired) electrons. The van der Waals surface area contributed by atoms with E-state index in [9.17, 15) is 4.79 Å². The molecule has 0 bridgehead atoms. The minimum atomic E-state index is -0.317. The van der Waals surface area contributed by atoms with E-state index in [1.807, 2.05) is 31.2 Å². The first-order valence-electron chi connectivity index (χ1n) is 7.01. The summed E-state index contributed by atoms with van der Waals surface area (Å²) in [5.41, 5.74) is 9.57. The molecule has 1 aromatic heterocycles. The van der Waals surface area contributed by atoms with Gasteiger partial charge in [0.1, 0.15) is 5.82 Å². The third kappa shape index (κ3) is 3.65. The lowest BCUT2D eigenvalue weighted by Crippen LogP contribution is -2.11. The number of nitrogen functional groups attached to an aromatic ring is 1. The number of rotatable bonds is 4. The maximum Gasteiger partial charge on any atom is 0.338 e. The summed E-state index contributed by atoms with van der Waals surface area (Å²) in [6, 6.07) is 7.72. The summed E-state index contributed by atoms with van der Waals surface area (Å²) in [6.45, 7) is 4.08. The monoisotopic (exact) mass is 362 g/mol. The maximum atomic E-state index is 12.0. The van der Waals surface area contributed by atoms with Crippen LogP contribution in [-0.2, 0) is 11.2 Å². The Bertz CT molecular complexity index is 701. The van der Waals surface area contributed by atoms with Crippen LogP contribution in [-0.4, -0.2) is 18.1 Å². The molecule has 116 valence electrons. The van der Waals surface area contributed by atoms with Gasteiger partial charge in [0, 0.05) is 10.7 Å². The summed E-state index contributed by atoms with van der Waals surface area (Å²) < 4.78 is 5.77. The Morgan fingerprint density at radius 1 is 1.41 bits per heavy atom. The second kappa shape index (κ2) is 6.92. The van der Waals surface area contributed by atoms with Crippen LogP contribution in [0, 0.1) is 6.92 Å². The van der Waals surface area contributed by atoms with Crippen molar-refractivity contribution in [2.24, 2.45) is 0 Å². The number of hydrogen-bond donors (Lipinski definition) is 1. The third-order valence-corrected chi connectivity index (χ3v) is 4.07. The van der Waals surface area contributed by atoms with Gasteiger partial charge in [0.05, 0.1) is 12.7 Å². The Hall–Kier alpha value is -1.88. The molecule has 1 heterocycles. The highest BCUT2D eigenvalue weighted by molar-refractivity contribution is 9.10. The zero-order valence-electron chi connectivity index (χ0n) is 12.9. The SMILES string of the molecule is COC(=O)c1ccc(C)cc1C(C)Cc1cc(Br)cnc1N. The fraction of sp³-hybridized carbons (Fsp3) is 0.294. The molecule has 0 aliphatic carbocycles. The number of nitrogens with zero attached hydrogens (tertiary/aromatic N) is 1. The lowest BCUT2D eigenvalue weighted by Gasteiger charge is -2.17. The average molecular weight is 363 g/mol. The zero-order valence-corrected chi connectivity index (χ0v) is 14.5. The lowest BCUT2D eigenvalue weighted by atomic mass is 9.89. The topological polar surface area (TPSA) is 65.2 Å². The van der Waals surface area contributed by atoms with E-state index in [-0.39, 0.29) is 11.9 Å². The van der Waals surface area contributed by atoms with E-state index >= 15 is 0 Å². The quantitative estimate of drug-likeness (QED) is 0.838. The van der Waals surface area contributed by atoms with Gasteiger partial charge in [-0.2, -0.15) is 0 Å². The first-order valence-corrected chi connectivity index (χ1v) is 7.80. The smallest absolute Gasteiger partial charge is 0.338 e. The Balaban J connectivity index is 2.36. The van der Waals surface area contributed by atoms with Crippen LogP contribution >= 0.6 is 15.9 Å². The molecule has 0 saturated heterocycles. The summed E-state index contributed by atoms with van der Waals surface area (Å²) in [5, 5.41) is 0. The number of aryl methyl sites for hydroxylation is 1. The average Bonchev–Trinajstić information content (AvgIpc) is 2.50. The highest BCUT2D eigenvalue weighted by Crippen LogP contribution is 2.28. The molecule has 2 aromatic rings. The first-order chi connectivity index (χ1) is 10.4. The molecule has 22 heavy (non-hydrogen) atoms. The largest absolute Gasteiger partial charge is 0.465 e. The van der Waals surface area contributed by atoms with Crippen LogP contribution < -0.4 is 5.73 Å². The number of carbonyl (C=O) groups is 1. The Labute approximate surface area is 138 Å². The fourth-order valence-electron chi connectivity index (χ4n) is 2.48. The number of halogens is 1. The zero-order chi connectivity index (χ0) is 16.3. The second-order valence-electron chi connectivity index (χ2n) is 5.39. The van der Waals surface area contributed by atoms with Crippen LogP contribution in [0.15, 0.2) is 34.9 Å². The summed E-state index contributed by atoms with van der Waals surface area (Å²) in [7, 11) is 1.40. The van der Waals surface area contributed by atoms with E-state index in [0.717, 1.165) is 21.2 Å². The van der Waals surface area contributed by atoms with Crippen molar-refractivity contribution in [2.75, 3.05) is 12.8 Å². The van der Waals surface area contributed by atoms with Crippen molar-refractivity contribution < 1.29 is 9.53 Å². The number of ether oxygens (including phenoxy) is 1. The Morgan fingerprint density at radius 2 is 2.14 bits per heavy atom. The summed E-state index contributed by atoms with van der Waals surface area (Å²) in [4.78, 5) is 16.1. The minimum Gasteiger partial charge on any atom is -0.465 e. The highest BCUT2D eigenvalue weighted by Gasteiger charge is 2.18. The van der Waals surface area contributed by atoms with Gasteiger partial charge < -0.3 is 10.5 Å². The van der Waals surface area contributed by atoms with Gasteiger partial charge >= 0.3 is 5.97 Å². The summed E-state index contributed by atoms with van der Waals surface area (Å²) >= 11 is 3.41. The summed E-state index contributed by atoms with van der Waals surface area (Å²) in [5.74, 6) is 0.317. The molecule has 1 aromatic carbocycles. The fourth-order valence-corrected chi connectivity index (χ4v) is 2.86. The van der Waals surface area contributed by atoms with Crippen molar-refractivity contribution in [1.29, 1.82) is 0 Å². The molecule has 0 aliphatic heterocycles. The normalized spacial score (nSPS) is 12.0. The number of esters is 1. The van der Waals surface area contributed by atoms with E-state index in [4.69, 9.17) is 10.5 Å². The van der Waals surface area contributed by atoms with E-state index in [1.165, 1.54) is 7.11 Å². The van der Waals surface area contributed by atoms with Crippen molar-refractivity contribution in [1.82, 2.24) is 4.98 Å². The van der Waals surface area contributed by atoms with Gasteiger partial charge in [0.15, 0.2) is 0 Å². The van der Waals surface area contributed by atoms with Crippen LogP contribution in [0.25, 0.3) is 0 Å². The molecule has 0 spiro atoms. The molecule has 0 aliphatic rings. The summed E-state index contributed by atoms with van der Waals surface area (Å²) in [6.07, 6.45) is 2.38. The number of carbonyl (C=O) groups excluding carboxylic acids is 1. The molecule has 5 heteroatoms. The first kappa shape index (κ1) is 16.5. The van der Waals surface area contributed by atoms with Crippen molar-refractivity contribution in [3.63, 3.8) is 0 Å². The predicted octanol–water partition coefficient (Wildman–Crippen LogP) is 3.87. The molecule has 2 rings (SSSR count). The number of aromatic nitrogens is 1. The van der Waals surface area contributed by atoms with Gasteiger partial charge in [0.2, 0.25) is 0 Å². The predicted molar refractivity (Wildman–Crippen MR) is 91.0 cm³/mol. The standard InChI is InChI=1S/C17H19BrN2O2/c1-10-4-5-14(17(21)22-3)15(6-10)11(2)7-12-8-13(18)9-20-16(12)19/h4-6,8-9,11H,7H2,1-3H3,(H2,19,20). The Morgan fingerprint density at radius 3 is 2.82 bits per heavy atom. The highest BCUT2D eigenvalue weighted by atomic mass is 79.9. The van der Waals surface area contributed by atoms with Crippen LogP contribution in [0.4, 0.5) is 5.82 Å². The van der Waals surface area contributed by atoms with Gasteiger partial charge in [-0.15, -0.1) is 0 Å². The van der Waals surface area contributed by atoms with Crippen LogP contribution in [0.2, 0.25) is 0 Å². The molecule has 4 nitrogen and oxygen atoms in total. The molecule has 2 N–H and O–H groups in total. The molecule has 0 saturated carbocycles. The number of anilines is 1. The van der Waals surface area contributed by atoms with Crippen LogP contribution in [0.1, 0.15) is 39.9 Å². The minimum absolute atomic E-state index is 0.118. The molecule has 0 fully saturated rings. The van der Waals surface area contributed by atoms with Gasteiger partial charge in [-0.25, -0.2) is 9.78 Å². The Kier molecular flexibility index (Phi) is 5.19. The van der Waals surface area contributed by atoms with E-state index < -0.39 is 0 Å². The number of nitrogens with two attached hydrogens (primary N) is 1. The maximum absolute atomic E-state index is 12.0. The molecular weight excluding hydrogens is 344 g/mol. The van der Waals surface area contributed by atoms with Gasteiger partial charge in [-0.1, -0.05) is 24.6 Å². The van der Waals surface area contributed by atoms with Crippen molar-refractivity contribution >= 4 is 27.7 Å². The van der Waals surface area contributed by atoms with Gasteiger partial charge in [-0.3, -0.25) is 0 Å². The molecule has 1 unspecified atom stereocenters. The van der Waals surface area contributed by atoms with Crippen LogP contribution in [0.5, 0.6) is 0 Å². The van der Waals surface area contributed by atoms with E-state index in [1.54, 1.807) is 6.20 Å².